The molecule has 0 aliphatic rings. The van der Waals surface area contributed by atoms with E-state index in [9.17, 15) is 18.0 Å². The highest BCUT2D eigenvalue weighted by Gasteiger charge is 2.41. The fourth-order valence-electron chi connectivity index (χ4n) is 3.01. The number of primary amides is 1. The first kappa shape index (κ1) is 19.5. The molecule has 28 heavy (non-hydrogen) atoms. The molecule has 0 aliphatic carbocycles. The van der Waals surface area contributed by atoms with Crippen molar-refractivity contribution in [2.45, 2.75) is 31.9 Å². The van der Waals surface area contributed by atoms with Gasteiger partial charge in [0.05, 0.1) is 11.3 Å². The van der Waals surface area contributed by atoms with E-state index in [2.05, 4.69) is 15.1 Å². The number of hydrogen-bond donors (Lipinski definition) is 1. The lowest BCUT2D eigenvalue weighted by molar-refractivity contribution is -0.141. The Bertz CT molecular complexity index is 955. The minimum Gasteiger partial charge on any atom is -0.365 e. The molecule has 3 aromatic rings. The number of carbonyl (C=O) groups excluding carboxylic acids is 1. The normalized spacial score (nSPS) is 12.7. The van der Waals surface area contributed by atoms with Crippen molar-refractivity contribution >= 4 is 5.91 Å². The summed E-state index contributed by atoms with van der Waals surface area (Å²) in [7, 11) is 0. The predicted octanol–water partition coefficient (Wildman–Crippen LogP) is 3.52. The average molecular weight is 389 g/mol. The van der Waals surface area contributed by atoms with Gasteiger partial charge in [-0.25, -0.2) is 14.6 Å². The summed E-state index contributed by atoms with van der Waals surface area (Å²) < 4.78 is 41.3. The van der Waals surface area contributed by atoms with Crippen molar-refractivity contribution in [2.24, 2.45) is 5.73 Å². The molecule has 2 N–H and O–H groups in total. The zero-order valence-corrected chi connectivity index (χ0v) is 15.0. The molecule has 2 heterocycles. The lowest BCUT2D eigenvalue weighted by Crippen LogP contribution is -2.19. The Balaban J connectivity index is 2.04. The number of nitrogens with zero attached hydrogens (tertiary/aromatic N) is 4. The van der Waals surface area contributed by atoms with E-state index >= 15 is 0 Å². The van der Waals surface area contributed by atoms with Crippen LogP contribution in [0.4, 0.5) is 13.2 Å². The second kappa shape index (κ2) is 7.79. The molecule has 1 amide bonds. The van der Waals surface area contributed by atoms with Gasteiger partial charge in [-0.05, 0) is 30.4 Å². The molecule has 1 unspecified atom stereocenters. The van der Waals surface area contributed by atoms with E-state index in [-0.39, 0.29) is 24.0 Å². The Morgan fingerprint density at radius 2 is 1.79 bits per heavy atom. The fourth-order valence-corrected chi connectivity index (χ4v) is 3.01. The van der Waals surface area contributed by atoms with Crippen LogP contribution in [0.5, 0.6) is 0 Å². The van der Waals surface area contributed by atoms with Gasteiger partial charge in [0.25, 0.3) is 11.9 Å². The van der Waals surface area contributed by atoms with Crippen molar-refractivity contribution in [3.05, 3.63) is 71.3 Å². The van der Waals surface area contributed by atoms with Crippen molar-refractivity contribution < 1.29 is 18.0 Å². The molecule has 0 spiro atoms. The van der Waals surface area contributed by atoms with Gasteiger partial charge in [-0.2, -0.15) is 18.3 Å². The first-order valence-electron chi connectivity index (χ1n) is 8.60. The van der Waals surface area contributed by atoms with Crippen molar-refractivity contribution in [3.63, 3.8) is 0 Å². The largest absolute Gasteiger partial charge is 0.436 e. The maximum Gasteiger partial charge on any atom is 0.436 e. The van der Waals surface area contributed by atoms with E-state index in [1.165, 1.54) is 18.5 Å². The second-order valence-corrected chi connectivity index (χ2v) is 6.34. The van der Waals surface area contributed by atoms with Crippen molar-refractivity contribution in [1.29, 1.82) is 0 Å². The first-order chi connectivity index (χ1) is 13.3. The van der Waals surface area contributed by atoms with Crippen LogP contribution < -0.4 is 5.73 Å². The smallest absolute Gasteiger partial charge is 0.365 e. The first-order valence-corrected chi connectivity index (χ1v) is 8.60. The average Bonchev–Trinajstić information content (AvgIpc) is 3.08. The molecular weight excluding hydrogens is 371 g/mol. The summed E-state index contributed by atoms with van der Waals surface area (Å²) in [5, 5.41) is 3.59. The van der Waals surface area contributed by atoms with Gasteiger partial charge in [0.2, 0.25) is 0 Å². The molecule has 9 heteroatoms. The molecular formula is C19H18F3N5O. The molecule has 146 valence electrons. The van der Waals surface area contributed by atoms with Gasteiger partial charge < -0.3 is 5.73 Å². The van der Waals surface area contributed by atoms with Crippen LogP contribution in [0.2, 0.25) is 0 Å². The molecule has 0 radical (unpaired) electrons. The zero-order chi connectivity index (χ0) is 20.3. The van der Waals surface area contributed by atoms with E-state index < -0.39 is 23.3 Å². The van der Waals surface area contributed by atoms with Crippen LogP contribution in [0, 0.1) is 0 Å². The second-order valence-electron chi connectivity index (χ2n) is 6.34. The van der Waals surface area contributed by atoms with Gasteiger partial charge in [0, 0.05) is 12.4 Å². The number of benzene rings is 1. The minimum absolute atomic E-state index is 0.0498. The highest BCUT2D eigenvalue weighted by atomic mass is 19.4. The molecule has 0 saturated carbocycles. The Morgan fingerprint density at radius 3 is 2.36 bits per heavy atom. The molecule has 1 aromatic carbocycles. The highest BCUT2D eigenvalue weighted by molar-refractivity contribution is 5.95. The molecule has 0 fully saturated rings. The molecule has 1 atom stereocenters. The van der Waals surface area contributed by atoms with Crippen molar-refractivity contribution in [2.75, 3.05) is 0 Å². The van der Waals surface area contributed by atoms with E-state index in [4.69, 9.17) is 5.73 Å². The molecule has 0 aliphatic heterocycles. The van der Waals surface area contributed by atoms with Crippen LogP contribution in [0.3, 0.4) is 0 Å². The summed E-state index contributed by atoms with van der Waals surface area (Å²) in [6, 6.07) is 11.1. The number of amides is 1. The number of halogens is 3. The molecule has 0 saturated heterocycles. The Morgan fingerprint density at radius 1 is 1.14 bits per heavy atom. The third-order valence-corrected chi connectivity index (χ3v) is 4.42. The lowest BCUT2D eigenvalue weighted by Gasteiger charge is -2.13. The third kappa shape index (κ3) is 4.03. The maximum absolute atomic E-state index is 13.5. The SMILES string of the molecule is CC(CCc1c(C(N)=O)c(C(F)(F)F)nn1-c1ncccn1)c1ccccc1. The van der Waals surface area contributed by atoms with Crippen LogP contribution in [0.15, 0.2) is 48.8 Å². The number of alkyl halides is 3. The molecule has 0 bridgehead atoms. The van der Waals surface area contributed by atoms with Gasteiger partial charge in [0.1, 0.15) is 0 Å². The van der Waals surface area contributed by atoms with Crippen LogP contribution in [0.25, 0.3) is 5.95 Å². The quantitative estimate of drug-likeness (QED) is 0.699. The van der Waals surface area contributed by atoms with E-state index in [0.717, 1.165) is 10.2 Å². The van der Waals surface area contributed by atoms with Crippen molar-refractivity contribution in [1.82, 2.24) is 19.7 Å². The maximum atomic E-state index is 13.5. The minimum atomic E-state index is -4.83. The molecule has 6 nitrogen and oxygen atoms in total. The number of rotatable bonds is 6. The number of nitrogens with two attached hydrogens (primary N) is 1. The number of hydrogen-bond acceptors (Lipinski definition) is 4. The highest BCUT2D eigenvalue weighted by Crippen LogP contribution is 2.34. The molecule has 3 rings (SSSR count). The van der Waals surface area contributed by atoms with E-state index in [1.54, 1.807) is 0 Å². The predicted molar refractivity (Wildman–Crippen MR) is 95.9 cm³/mol. The third-order valence-electron chi connectivity index (χ3n) is 4.42. The monoisotopic (exact) mass is 389 g/mol. The van der Waals surface area contributed by atoms with Crippen LogP contribution in [0.1, 0.15) is 46.6 Å². The van der Waals surface area contributed by atoms with Crippen molar-refractivity contribution in [3.8, 4) is 5.95 Å². The topological polar surface area (TPSA) is 86.7 Å². The summed E-state index contributed by atoms with van der Waals surface area (Å²) in [5.41, 5.74) is 4.42. The lowest BCUT2D eigenvalue weighted by atomic mass is 9.94. The van der Waals surface area contributed by atoms with E-state index in [1.807, 2.05) is 37.3 Å². The Kier molecular flexibility index (Phi) is 5.43. The van der Waals surface area contributed by atoms with E-state index in [0.29, 0.717) is 6.42 Å². The molecule has 2 aromatic heterocycles. The van der Waals surface area contributed by atoms with Crippen LogP contribution in [-0.4, -0.2) is 25.7 Å². The standard InChI is InChI=1S/C19H18F3N5O/c1-12(13-6-3-2-4-7-13)8-9-14-15(17(23)28)16(19(20,21)22)26-27(14)18-24-10-5-11-25-18/h2-7,10-12H,8-9H2,1H3,(H2,23,28). The Hall–Kier alpha value is -3.23. The van der Waals surface area contributed by atoms with Gasteiger partial charge in [-0.3, -0.25) is 4.79 Å². The van der Waals surface area contributed by atoms with Crippen LogP contribution in [-0.2, 0) is 12.6 Å². The summed E-state index contributed by atoms with van der Waals surface area (Å²) in [6.07, 6.45) is -1.42. The zero-order valence-electron chi connectivity index (χ0n) is 15.0. The Labute approximate surface area is 159 Å². The number of carbonyl (C=O) groups is 1. The summed E-state index contributed by atoms with van der Waals surface area (Å²) in [4.78, 5) is 19.8. The van der Waals surface area contributed by atoms with Gasteiger partial charge in [-0.1, -0.05) is 37.3 Å². The summed E-state index contributed by atoms with van der Waals surface area (Å²) in [6.45, 7) is 1.96. The van der Waals surface area contributed by atoms with Crippen LogP contribution >= 0.6 is 0 Å². The van der Waals surface area contributed by atoms with Gasteiger partial charge >= 0.3 is 6.18 Å². The number of aromatic nitrogens is 4. The summed E-state index contributed by atoms with van der Waals surface area (Å²) in [5.74, 6) is -1.18. The fraction of sp³-hybridized carbons (Fsp3) is 0.263. The summed E-state index contributed by atoms with van der Waals surface area (Å²) >= 11 is 0. The van der Waals surface area contributed by atoms with Gasteiger partial charge in [0.15, 0.2) is 5.69 Å². The van der Waals surface area contributed by atoms with Gasteiger partial charge in [-0.15, -0.1) is 0 Å².